The van der Waals surface area contributed by atoms with Gasteiger partial charge in [0.25, 0.3) is 0 Å². The molecular formula is C9H4Cl3N. The number of fused-ring (bicyclic) bond motifs is 1. The third-order valence-corrected chi connectivity index (χ3v) is 2.89. The lowest BCUT2D eigenvalue weighted by atomic mass is 10.2. The van der Waals surface area contributed by atoms with Crippen LogP contribution in [0.4, 0.5) is 0 Å². The van der Waals surface area contributed by atoms with Gasteiger partial charge >= 0.3 is 0 Å². The van der Waals surface area contributed by atoms with Gasteiger partial charge in [-0.1, -0.05) is 34.8 Å². The molecule has 0 unspecified atom stereocenters. The zero-order chi connectivity index (χ0) is 9.42. The second-order valence-electron chi connectivity index (χ2n) is 2.58. The highest BCUT2D eigenvalue weighted by atomic mass is 35.5. The molecule has 13 heavy (non-hydrogen) atoms. The molecule has 0 aliphatic rings. The molecule has 0 atom stereocenters. The molecule has 1 nitrogen and oxygen atoms in total. The Balaban J connectivity index is 2.97. The van der Waals surface area contributed by atoms with Gasteiger partial charge in [0.05, 0.1) is 15.1 Å². The highest BCUT2D eigenvalue weighted by molar-refractivity contribution is 6.47. The molecule has 66 valence electrons. The van der Waals surface area contributed by atoms with Crippen LogP contribution < -0.4 is 0 Å². The molecule has 4 heteroatoms. The van der Waals surface area contributed by atoms with E-state index in [4.69, 9.17) is 34.8 Å². The van der Waals surface area contributed by atoms with Gasteiger partial charge in [0.15, 0.2) is 0 Å². The lowest BCUT2D eigenvalue weighted by Crippen LogP contribution is -1.79. The van der Waals surface area contributed by atoms with Crippen molar-refractivity contribution in [3.05, 3.63) is 39.6 Å². The van der Waals surface area contributed by atoms with E-state index in [1.54, 1.807) is 24.5 Å². The summed E-state index contributed by atoms with van der Waals surface area (Å²) in [6.07, 6.45) is 3.31. The first-order chi connectivity index (χ1) is 6.20. The summed E-state index contributed by atoms with van der Waals surface area (Å²) in [5, 5.41) is 3.18. The molecule has 0 amide bonds. The van der Waals surface area contributed by atoms with E-state index in [0.29, 0.717) is 15.1 Å². The molecule has 0 aliphatic carbocycles. The van der Waals surface area contributed by atoms with E-state index in [2.05, 4.69) is 4.98 Å². The van der Waals surface area contributed by atoms with Gasteiger partial charge in [0, 0.05) is 23.2 Å². The van der Waals surface area contributed by atoms with Crippen LogP contribution in [0, 0.1) is 0 Å². The monoisotopic (exact) mass is 231 g/mol. The minimum Gasteiger partial charge on any atom is -0.264 e. The average Bonchev–Trinajstić information content (AvgIpc) is 2.15. The molecule has 0 fully saturated rings. The Hall–Kier alpha value is -0.500. The maximum absolute atomic E-state index is 5.97. The fourth-order valence-electron chi connectivity index (χ4n) is 1.16. The van der Waals surface area contributed by atoms with Crippen LogP contribution in [0.15, 0.2) is 24.5 Å². The highest BCUT2D eigenvalue weighted by Crippen LogP contribution is 2.34. The molecule has 1 aromatic carbocycles. The Labute approximate surface area is 90.2 Å². The predicted molar refractivity (Wildman–Crippen MR) is 56.8 cm³/mol. The number of aromatic nitrogens is 1. The molecule has 0 aliphatic heterocycles. The summed E-state index contributed by atoms with van der Waals surface area (Å²) in [5.74, 6) is 0. The van der Waals surface area contributed by atoms with E-state index in [9.17, 15) is 0 Å². The second kappa shape index (κ2) is 3.33. The van der Waals surface area contributed by atoms with Gasteiger partial charge in [-0.05, 0) is 12.1 Å². The Morgan fingerprint density at radius 1 is 1.00 bits per heavy atom. The fourth-order valence-corrected chi connectivity index (χ4v) is 1.90. The first-order valence-electron chi connectivity index (χ1n) is 3.57. The number of benzene rings is 1. The van der Waals surface area contributed by atoms with Crippen LogP contribution in [-0.4, -0.2) is 4.98 Å². The van der Waals surface area contributed by atoms with Crippen LogP contribution >= 0.6 is 34.8 Å². The third kappa shape index (κ3) is 1.48. The summed E-state index contributed by atoms with van der Waals surface area (Å²) in [4.78, 5) is 3.95. The summed E-state index contributed by atoms with van der Waals surface area (Å²) >= 11 is 17.8. The van der Waals surface area contributed by atoms with Gasteiger partial charge in [-0.25, -0.2) is 0 Å². The molecule has 0 N–H and O–H groups in total. The van der Waals surface area contributed by atoms with Crippen molar-refractivity contribution in [2.75, 3.05) is 0 Å². The number of nitrogens with zero attached hydrogens (tertiary/aromatic N) is 1. The second-order valence-corrected chi connectivity index (χ2v) is 3.77. The molecule has 2 aromatic rings. The third-order valence-electron chi connectivity index (χ3n) is 1.78. The first-order valence-corrected chi connectivity index (χ1v) is 4.71. The summed E-state index contributed by atoms with van der Waals surface area (Å²) < 4.78 is 0. The minimum absolute atomic E-state index is 0.451. The quantitative estimate of drug-likeness (QED) is 0.621. The van der Waals surface area contributed by atoms with Gasteiger partial charge in [-0.2, -0.15) is 0 Å². The maximum atomic E-state index is 5.97. The van der Waals surface area contributed by atoms with E-state index in [1.807, 2.05) is 0 Å². The van der Waals surface area contributed by atoms with Crippen LogP contribution in [0.2, 0.25) is 15.1 Å². The molecular weight excluding hydrogens is 228 g/mol. The molecule has 1 heterocycles. The summed E-state index contributed by atoms with van der Waals surface area (Å²) in [7, 11) is 0. The maximum Gasteiger partial charge on any atom is 0.0687 e. The summed E-state index contributed by atoms with van der Waals surface area (Å²) in [6, 6.07) is 3.44. The van der Waals surface area contributed by atoms with E-state index < -0.39 is 0 Å². The van der Waals surface area contributed by atoms with E-state index in [1.165, 1.54) is 0 Å². The van der Waals surface area contributed by atoms with Crippen LogP contribution in [0.25, 0.3) is 10.8 Å². The van der Waals surface area contributed by atoms with Crippen molar-refractivity contribution >= 4 is 45.6 Å². The van der Waals surface area contributed by atoms with Crippen molar-refractivity contribution in [2.45, 2.75) is 0 Å². The van der Waals surface area contributed by atoms with Crippen molar-refractivity contribution in [2.24, 2.45) is 0 Å². The lowest BCUT2D eigenvalue weighted by Gasteiger charge is -2.03. The Kier molecular flexibility index (Phi) is 2.33. The molecule has 2 rings (SSSR count). The Morgan fingerprint density at radius 2 is 1.77 bits per heavy atom. The zero-order valence-corrected chi connectivity index (χ0v) is 8.66. The van der Waals surface area contributed by atoms with Gasteiger partial charge in [-0.15, -0.1) is 0 Å². The van der Waals surface area contributed by atoms with Crippen LogP contribution in [0.5, 0.6) is 0 Å². The fraction of sp³-hybridized carbons (Fsp3) is 0. The lowest BCUT2D eigenvalue weighted by molar-refractivity contribution is 1.36. The highest BCUT2D eigenvalue weighted by Gasteiger charge is 2.07. The predicted octanol–water partition coefficient (Wildman–Crippen LogP) is 4.20. The smallest absolute Gasteiger partial charge is 0.0687 e. The number of hydrogen-bond donors (Lipinski definition) is 0. The van der Waals surface area contributed by atoms with Crippen molar-refractivity contribution in [1.82, 2.24) is 4.98 Å². The first kappa shape index (κ1) is 9.07. The van der Waals surface area contributed by atoms with Gasteiger partial charge in [-0.3, -0.25) is 4.98 Å². The summed E-state index contributed by atoms with van der Waals surface area (Å²) in [5.41, 5.74) is 0. The average molecular weight is 232 g/mol. The number of pyridine rings is 1. The molecule has 0 spiro atoms. The van der Waals surface area contributed by atoms with Crippen molar-refractivity contribution in [3.8, 4) is 0 Å². The van der Waals surface area contributed by atoms with Gasteiger partial charge in [0.1, 0.15) is 0 Å². The summed E-state index contributed by atoms with van der Waals surface area (Å²) in [6.45, 7) is 0. The Bertz CT molecular complexity index is 468. The van der Waals surface area contributed by atoms with Gasteiger partial charge in [0.2, 0.25) is 0 Å². The minimum atomic E-state index is 0.451. The molecule has 0 saturated heterocycles. The van der Waals surface area contributed by atoms with E-state index in [0.717, 1.165) is 10.8 Å². The van der Waals surface area contributed by atoms with Crippen LogP contribution in [0.3, 0.4) is 0 Å². The van der Waals surface area contributed by atoms with E-state index >= 15 is 0 Å². The zero-order valence-electron chi connectivity index (χ0n) is 6.39. The van der Waals surface area contributed by atoms with E-state index in [-0.39, 0.29) is 0 Å². The molecule has 0 saturated carbocycles. The number of halogens is 3. The van der Waals surface area contributed by atoms with Crippen molar-refractivity contribution in [1.29, 1.82) is 0 Å². The van der Waals surface area contributed by atoms with Crippen molar-refractivity contribution in [3.63, 3.8) is 0 Å². The van der Waals surface area contributed by atoms with Crippen LogP contribution in [0.1, 0.15) is 0 Å². The topological polar surface area (TPSA) is 12.9 Å². The molecule has 0 radical (unpaired) electrons. The number of rotatable bonds is 0. The van der Waals surface area contributed by atoms with Crippen molar-refractivity contribution < 1.29 is 0 Å². The largest absolute Gasteiger partial charge is 0.264 e. The Morgan fingerprint density at radius 3 is 2.54 bits per heavy atom. The number of hydrogen-bond acceptors (Lipinski definition) is 1. The standard InChI is InChI=1S/C9H4Cl3N/c10-7-3-8(11)9(12)6-4-13-2-1-5(6)7/h1-4H. The molecule has 0 bridgehead atoms. The molecule has 1 aromatic heterocycles. The SMILES string of the molecule is Clc1cc(Cl)c2ccncc2c1Cl. The van der Waals surface area contributed by atoms with Crippen LogP contribution in [-0.2, 0) is 0 Å². The van der Waals surface area contributed by atoms with Gasteiger partial charge < -0.3 is 0 Å². The normalized spacial score (nSPS) is 10.7.